The minimum Gasteiger partial charge on any atom is -0.591 e. The van der Waals surface area contributed by atoms with Crippen molar-refractivity contribution in [2.45, 2.75) is 64.9 Å². The standard InChI is InChI=1S/C19H29FN2O4S/c1-13(11-21-17(23)26-18(2,3)4)25-16-9-8-15(20)10-14(16)12-22-27(24)19(5,6)7/h8-10,12-13H,11H2,1-7H3,(H,21,23)/t13-,27?/m0/s1. The van der Waals surface area contributed by atoms with Gasteiger partial charge < -0.3 is 19.3 Å². The molecule has 152 valence electrons. The summed E-state index contributed by atoms with van der Waals surface area (Å²) in [6, 6.07) is 3.99. The molecule has 1 N–H and O–H groups in total. The number of ether oxygens (including phenoxy) is 2. The van der Waals surface area contributed by atoms with Crippen molar-refractivity contribution in [3.8, 4) is 5.75 Å². The zero-order chi connectivity index (χ0) is 20.8. The van der Waals surface area contributed by atoms with Crippen molar-refractivity contribution in [2.24, 2.45) is 4.40 Å². The fraction of sp³-hybridized carbons (Fsp3) is 0.579. The van der Waals surface area contributed by atoms with E-state index in [1.165, 1.54) is 24.4 Å². The van der Waals surface area contributed by atoms with Crippen LogP contribution in [0.25, 0.3) is 0 Å². The third kappa shape index (κ3) is 9.10. The zero-order valence-electron chi connectivity index (χ0n) is 17.0. The summed E-state index contributed by atoms with van der Waals surface area (Å²) in [6.45, 7) is 12.7. The van der Waals surface area contributed by atoms with Gasteiger partial charge in [0.25, 0.3) is 0 Å². The Morgan fingerprint density at radius 2 is 1.96 bits per heavy atom. The second kappa shape index (κ2) is 9.41. The highest BCUT2D eigenvalue weighted by atomic mass is 32.2. The van der Waals surface area contributed by atoms with Crippen molar-refractivity contribution in [1.82, 2.24) is 5.32 Å². The molecule has 1 aromatic carbocycles. The maximum Gasteiger partial charge on any atom is 0.407 e. The SMILES string of the molecule is C[C@@H](CNC(=O)OC(C)(C)C)Oc1ccc(F)cc1C=N[S+]([O-])C(C)(C)C. The summed E-state index contributed by atoms with van der Waals surface area (Å²) in [7, 11) is 0. The molecule has 1 aromatic rings. The lowest BCUT2D eigenvalue weighted by atomic mass is 10.2. The molecule has 0 aliphatic heterocycles. The molecule has 1 rings (SSSR count). The fourth-order valence-corrected chi connectivity index (χ4v) is 2.32. The fourth-order valence-electron chi connectivity index (χ4n) is 1.79. The molecular formula is C19H29FN2O4S. The van der Waals surface area contributed by atoms with Crippen molar-refractivity contribution in [3.63, 3.8) is 0 Å². The first kappa shape index (κ1) is 23.2. The Balaban J connectivity index is 2.77. The van der Waals surface area contributed by atoms with Gasteiger partial charge in [0.05, 0.1) is 12.8 Å². The van der Waals surface area contributed by atoms with E-state index in [2.05, 4.69) is 9.71 Å². The van der Waals surface area contributed by atoms with Crippen LogP contribution >= 0.6 is 0 Å². The van der Waals surface area contributed by atoms with Crippen molar-refractivity contribution in [3.05, 3.63) is 29.6 Å². The largest absolute Gasteiger partial charge is 0.591 e. The van der Waals surface area contributed by atoms with E-state index < -0.39 is 39.7 Å². The van der Waals surface area contributed by atoms with E-state index in [-0.39, 0.29) is 6.54 Å². The molecular weight excluding hydrogens is 371 g/mol. The molecule has 0 heterocycles. The van der Waals surface area contributed by atoms with E-state index in [1.54, 1.807) is 48.5 Å². The summed E-state index contributed by atoms with van der Waals surface area (Å²) in [5.74, 6) is -0.0746. The van der Waals surface area contributed by atoms with Crippen LogP contribution in [0.5, 0.6) is 5.75 Å². The molecule has 6 nitrogen and oxygen atoms in total. The Kier molecular flexibility index (Phi) is 8.10. The molecule has 0 spiro atoms. The van der Waals surface area contributed by atoms with Gasteiger partial charge in [0.2, 0.25) is 0 Å². The van der Waals surface area contributed by atoms with E-state index >= 15 is 0 Å². The molecule has 0 aromatic heterocycles. The van der Waals surface area contributed by atoms with Gasteiger partial charge in [-0.1, -0.05) is 4.40 Å². The van der Waals surface area contributed by atoms with Crippen molar-refractivity contribution in [1.29, 1.82) is 0 Å². The molecule has 0 saturated carbocycles. The van der Waals surface area contributed by atoms with Gasteiger partial charge >= 0.3 is 6.09 Å². The minimum atomic E-state index is -1.47. The Labute approximate surface area is 163 Å². The van der Waals surface area contributed by atoms with Gasteiger partial charge in [0.1, 0.15) is 39.4 Å². The summed E-state index contributed by atoms with van der Waals surface area (Å²) >= 11 is -1.47. The molecule has 2 atom stereocenters. The molecule has 0 saturated heterocycles. The van der Waals surface area contributed by atoms with Gasteiger partial charge in [-0.05, 0) is 66.7 Å². The summed E-state index contributed by atoms with van der Waals surface area (Å²) in [5, 5.41) is 2.62. The summed E-state index contributed by atoms with van der Waals surface area (Å²) in [5.41, 5.74) is -0.214. The van der Waals surface area contributed by atoms with Crippen molar-refractivity contribution in [2.75, 3.05) is 6.54 Å². The predicted octanol–water partition coefficient (Wildman–Crippen LogP) is 4.00. The number of amides is 1. The highest BCUT2D eigenvalue weighted by molar-refractivity contribution is 7.91. The van der Waals surface area contributed by atoms with Gasteiger partial charge in [-0.15, -0.1) is 0 Å². The monoisotopic (exact) mass is 400 g/mol. The number of alkyl carbamates (subject to hydrolysis) is 1. The summed E-state index contributed by atoms with van der Waals surface area (Å²) in [6.07, 6.45) is 0.399. The zero-order valence-corrected chi connectivity index (χ0v) is 17.8. The molecule has 0 aliphatic rings. The molecule has 0 bridgehead atoms. The third-order valence-corrected chi connectivity index (χ3v) is 4.39. The quantitative estimate of drug-likeness (QED) is 0.578. The summed E-state index contributed by atoms with van der Waals surface area (Å²) in [4.78, 5) is 11.7. The third-order valence-electron chi connectivity index (χ3n) is 3.04. The van der Waals surface area contributed by atoms with Crippen molar-refractivity contribution >= 4 is 23.7 Å². The van der Waals surface area contributed by atoms with Crippen LogP contribution in [0.4, 0.5) is 9.18 Å². The average Bonchev–Trinajstić information content (AvgIpc) is 2.50. The number of carbonyl (C=O) groups is 1. The van der Waals surface area contributed by atoms with E-state index in [0.717, 1.165) is 0 Å². The Hall–Kier alpha value is -1.80. The minimum absolute atomic E-state index is 0.205. The topological polar surface area (TPSA) is 83.0 Å². The number of nitrogens with one attached hydrogen (secondary N) is 1. The first-order chi connectivity index (χ1) is 12.3. The lowest BCUT2D eigenvalue weighted by Gasteiger charge is -2.21. The summed E-state index contributed by atoms with van der Waals surface area (Å²) < 4.78 is 40.1. The first-order valence-electron chi connectivity index (χ1n) is 8.67. The van der Waals surface area contributed by atoms with Gasteiger partial charge in [-0.25, -0.2) is 9.18 Å². The molecule has 27 heavy (non-hydrogen) atoms. The van der Waals surface area contributed by atoms with Crippen LogP contribution in [0.2, 0.25) is 0 Å². The van der Waals surface area contributed by atoms with Crippen LogP contribution < -0.4 is 10.1 Å². The molecule has 0 aliphatic carbocycles. The molecule has 0 radical (unpaired) electrons. The van der Waals surface area contributed by atoms with Gasteiger partial charge in [-0.2, -0.15) is 0 Å². The lowest BCUT2D eigenvalue weighted by Crippen LogP contribution is -2.37. The van der Waals surface area contributed by atoms with Crippen LogP contribution in [-0.2, 0) is 16.1 Å². The van der Waals surface area contributed by atoms with Gasteiger partial charge in [-0.3, -0.25) is 0 Å². The van der Waals surface area contributed by atoms with E-state index in [4.69, 9.17) is 9.47 Å². The Morgan fingerprint density at radius 3 is 2.52 bits per heavy atom. The molecule has 0 fully saturated rings. The number of carbonyl (C=O) groups excluding carboxylic acids is 1. The van der Waals surface area contributed by atoms with Crippen LogP contribution in [0, 0.1) is 5.82 Å². The maximum absolute atomic E-state index is 13.6. The number of hydrogen-bond donors (Lipinski definition) is 1. The number of hydrogen-bond acceptors (Lipinski definition) is 5. The predicted molar refractivity (Wildman–Crippen MR) is 106 cm³/mol. The van der Waals surface area contributed by atoms with Crippen LogP contribution in [-0.4, -0.2) is 39.9 Å². The van der Waals surface area contributed by atoms with E-state index in [0.29, 0.717) is 11.3 Å². The lowest BCUT2D eigenvalue weighted by molar-refractivity contribution is 0.0505. The molecule has 1 amide bonds. The van der Waals surface area contributed by atoms with E-state index in [9.17, 15) is 13.7 Å². The smallest absolute Gasteiger partial charge is 0.407 e. The van der Waals surface area contributed by atoms with Crippen molar-refractivity contribution < 1.29 is 23.2 Å². The highest BCUT2D eigenvalue weighted by Crippen LogP contribution is 2.22. The number of nitrogens with zero attached hydrogens (tertiary/aromatic N) is 1. The van der Waals surface area contributed by atoms with E-state index in [1.807, 2.05) is 0 Å². The normalized spacial score (nSPS) is 14.7. The average molecular weight is 401 g/mol. The van der Waals surface area contributed by atoms with Gasteiger partial charge in [0.15, 0.2) is 0 Å². The maximum atomic E-state index is 13.6. The number of rotatable bonds is 6. The second-order valence-electron chi connectivity index (χ2n) is 8.09. The molecule has 1 unspecified atom stereocenters. The number of halogens is 1. The first-order valence-corrected chi connectivity index (χ1v) is 9.78. The Bertz CT molecular complexity index is 669. The molecule has 8 heteroatoms. The number of benzene rings is 1. The van der Waals surface area contributed by atoms with Crippen LogP contribution in [0.15, 0.2) is 22.6 Å². The highest BCUT2D eigenvalue weighted by Gasteiger charge is 2.26. The van der Waals surface area contributed by atoms with Gasteiger partial charge in [0, 0.05) is 5.56 Å². The van der Waals surface area contributed by atoms with Crippen LogP contribution in [0.3, 0.4) is 0 Å². The Morgan fingerprint density at radius 1 is 1.33 bits per heavy atom. The van der Waals surface area contributed by atoms with Crippen LogP contribution in [0.1, 0.15) is 54.0 Å². The second-order valence-corrected chi connectivity index (χ2v) is 10.0.